The number of ether oxygens (including phenoxy) is 3. The summed E-state index contributed by atoms with van der Waals surface area (Å²) in [6, 6.07) is -1.13. The lowest BCUT2D eigenvalue weighted by molar-refractivity contribution is -0.148. The molecular weight excluding hydrogens is 406 g/mol. The number of esters is 2. The van der Waals surface area contributed by atoms with Crippen LogP contribution in [0.2, 0.25) is 0 Å². The fourth-order valence-corrected chi connectivity index (χ4v) is 3.47. The third-order valence-corrected chi connectivity index (χ3v) is 5.30. The summed E-state index contributed by atoms with van der Waals surface area (Å²) < 4.78 is 15.1. The molecular formula is C22H29NO8. The van der Waals surface area contributed by atoms with Crippen LogP contribution in [0.15, 0.2) is 11.6 Å². The monoisotopic (exact) mass is 435 g/mol. The summed E-state index contributed by atoms with van der Waals surface area (Å²) in [4.78, 5) is 35.8. The molecule has 0 fully saturated rings. The highest BCUT2D eigenvalue weighted by Gasteiger charge is 2.32. The van der Waals surface area contributed by atoms with Crippen LogP contribution in [0, 0.1) is 6.92 Å². The number of aliphatic hydroxyl groups is 1. The summed E-state index contributed by atoms with van der Waals surface area (Å²) in [5.74, 6) is -1.34. The van der Waals surface area contributed by atoms with E-state index >= 15 is 0 Å². The van der Waals surface area contributed by atoms with Gasteiger partial charge in [-0.1, -0.05) is 11.6 Å². The van der Waals surface area contributed by atoms with E-state index < -0.39 is 30.0 Å². The van der Waals surface area contributed by atoms with Gasteiger partial charge in [-0.3, -0.25) is 4.79 Å². The number of methoxy groups -OCH3 is 2. The second kappa shape index (κ2) is 10.3. The van der Waals surface area contributed by atoms with Crippen LogP contribution in [0.3, 0.4) is 0 Å². The van der Waals surface area contributed by atoms with Crippen molar-refractivity contribution < 1.29 is 38.8 Å². The highest BCUT2D eigenvalue weighted by Crippen LogP contribution is 2.42. The zero-order valence-electron chi connectivity index (χ0n) is 18.4. The van der Waals surface area contributed by atoms with Gasteiger partial charge in [0.05, 0.1) is 20.3 Å². The summed E-state index contributed by atoms with van der Waals surface area (Å²) in [5, 5.41) is 22.7. The second-order valence-electron chi connectivity index (χ2n) is 7.48. The number of nitrogens with one attached hydrogen (secondary N) is 1. The van der Waals surface area contributed by atoms with Crippen LogP contribution >= 0.6 is 0 Å². The third-order valence-electron chi connectivity index (χ3n) is 5.30. The van der Waals surface area contributed by atoms with Crippen LogP contribution in [0.5, 0.6) is 11.5 Å². The maximum Gasteiger partial charge on any atom is 0.342 e. The molecule has 0 saturated heterocycles. The molecule has 1 aliphatic heterocycles. The van der Waals surface area contributed by atoms with Gasteiger partial charge < -0.3 is 29.7 Å². The van der Waals surface area contributed by atoms with Crippen molar-refractivity contribution in [1.29, 1.82) is 0 Å². The van der Waals surface area contributed by atoms with Crippen LogP contribution in [-0.2, 0) is 32.1 Å². The molecule has 0 spiro atoms. The van der Waals surface area contributed by atoms with Gasteiger partial charge in [0.1, 0.15) is 23.7 Å². The lowest BCUT2D eigenvalue weighted by atomic mass is 9.94. The predicted molar refractivity (Wildman–Crippen MR) is 111 cm³/mol. The van der Waals surface area contributed by atoms with E-state index in [2.05, 4.69) is 10.1 Å². The Morgan fingerprint density at radius 1 is 1.29 bits per heavy atom. The zero-order chi connectivity index (χ0) is 23.3. The molecule has 170 valence electrons. The van der Waals surface area contributed by atoms with Gasteiger partial charge in [-0.15, -0.1) is 0 Å². The molecule has 3 N–H and O–H groups in total. The SMILES string of the molecule is COC(=O)[C@H](NC(=O)CC/C(C)=C/Cc1c(O)c2c(c(C)c1OC)COC2=O)[C@H](C)O. The maximum atomic E-state index is 12.2. The molecule has 0 bridgehead atoms. The number of carbonyl (C=O) groups is 3. The first-order chi connectivity index (χ1) is 14.6. The number of phenolic OH excluding ortho intramolecular Hbond substituents is 1. The molecule has 0 saturated carbocycles. The Kier molecular flexibility index (Phi) is 8.04. The summed E-state index contributed by atoms with van der Waals surface area (Å²) >= 11 is 0. The molecule has 1 amide bonds. The molecule has 0 aliphatic carbocycles. The molecule has 9 heteroatoms. The number of phenols is 1. The fourth-order valence-electron chi connectivity index (χ4n) is 3.47. The zero-order valence-corrected chi connectivity index (χ0v) is 18.4. The van der Waals surface area contributed by atoms with Crippen molar-refractivity contribution in [2.24, 2.45) is 0 Å². The van der Waals surface area contributed by atoms with Gasteiger partial charge in [-0.05, 0) is 39.2 Å². The van der Waals surface area contributed by atoms with Crippen molar-refractivity contribution in [3.05, 3.63) is 33.9 Å². The quantitative estimate of drug-likeness (QED) is 0.394. The Balaban J connectivity index is 2.09. The molecule has 0 radical (unpaired) electrons. The van der Waals surface area contributed by atoms with Crippen molar-refractivity contribution in [2.75, 3.05) is 14.2 Å². The maximum absolute atomic E-state index is 12.2. The van der Waals surface area contributed by atoms with Gasteiger partial charge in [-0.25, -0.2) is 9.59 Å². The summed E-state index contributed by atoms with van der Waals surface area (Å²) in [7, 11) is 2.68. The van der Waals surface area contributed by atoms with E-state index in [1.165, 1.54) is 21.1 Å². The topological polar surface area (TPSA) is 131 Å². The van der Waals surface area contributed by atoms with Gasteiger partial charge in [-0.2, -0.15) is 0 Å². The molecule has 0 unspecified atom stereocenters. The third kappa shape index (κ3) is 5.35. The van der Waals surface area contributed by atoms with Crippen molar-refractivity contribution in [3.63, 3.8) is 0 Å². The molecule has 2 rings (SSSR count). The minimum Gasteiger partial charge on any atom is -0.507 e. The minimum atomic E-state index is -1.13. The number of aliphatic hydroxyl groups excluding tert-OH is 1. The predicted octanol–water partition coefficient (Wildman–Crippen LogP) is 1.69. The van der Waals surface area contributed by atoms with E-state index in [-0.39, 0.29) is 24.3 Å². The molecule has 2 atom stereocenters. The van der Waals surface area contributed by atoms with E-state index in [1.54, 1.807) is 0 Å². The summed E-state index contributed by atoms with van der Waals surface area (Å²) in [5.41, 5.74) is 2.88. The van der Waals surface area contributed by atoms with E-state index in [0.29, 0.717) is 29.7 Å². The van der Waals surface area contributed by atoms with E-state index in [0.717, 1.165) is 11.1 Å². The van der Waals surface area contributed by atoms with Gasteiger partial charge in [0.25, 0.3) is 0 Å². The van der Waals surface area contributed by atoms with Crippen LogP contribution in [0.25, 0.3) is 0 Å². The molecule has 31 heavy (non-hydrogen) atoms. The molecule has 1 aromatic carbocycles. The van der Waals surface area contributed by atoms with Crippen LogP contribution in [-0.4, -0.2) is 54.4 Å². The van der Waals surface area contributed by atoms with E-state index in [9.17, 15) is 24.6 Å². The number of benzene rings is 1. The standard InChI is InChI=1S/C22H29NO8/c1-11(7-9-16(25)23-18(13(3)24)22(28)30-5)6-8-14-19(26)17-15(10-31-21(17)27)12(2)20(14)29-4/h6,13,18,24,26H,7-10H2,1-5H3,(H,23,25)/b11-6+/t13-,18+/m0/s1. The number of hydrogen-bond acceptors (Lipinski definition) is 8. The Morgan fingerprint density at radius 2 is 1.97 bits per heavy atom. The van der Waals surface area contributed by atoms with Crippen LogP contribution < -0.4 is 10.1 Å². The number of carbonyl (C=O) groups excluding carboxylic acids is 3. The van der Waals surface area contributed by atoms with Gasteiger partial charge in [0, 0.05) is 17.5 Å². The van der Waals surface area contributed by atoms with Gasteiger partial charge >= 0.3 is 11.9 Å². The lowest BCUT2D eigenvalue weighted by Crippen LogP contribution is -2.48. The Morgan fingerprint density at radius 3 is 2.55 bits per heavy atom. The number of amides is 1. The second-order valence-corrected chi connectivity index (χ2v) is 7.48. The van der Waals surface area contributed by atoms with Crippen molar-refractivity contribution in [3.8, 4) is 11.5 Å². The average Bonchev–Trinajstić information content (AvgIpc) is 3.13. The number of aromatic hydroxyl groups is 1. The fraction of sp³-hybridized carbons (Fsp3) is 0.500. The van der Waals surface area contributed by atoms with E-state index in [4.69, 9.17) is 9.47 Å². The first-order valence-corrected chi connectivity index (χ1v) is 9.91. The molecule has 9 nitrogen and oxygen atoms in total. The van der Waals surface area contributed by atoms with Crippen molar-refractivity contribution in [1.82, 2.24) is 5.32 Å². The first kappa shape index (κ1) is 24.2. The van der Waals surface area contributed by atoms with Crippen LogP contribution in [0.4, 0.5) is 0 Å². The van der Waals surface area contributed by atoms with Crippen LogP contribution in [0.1, 0.15) is 53.7 Å². The highest BCUT2D eigenvalue weighted by atomic mass is 16.5. The van der Waals surface area contributed by atoms with Gasteiger partial charge in [0.2, 0.25) is 5.91 Å². The summed E-state index contributed by atoms with van der Waals surface area (Å²) in [6.45, 7) is 5.13. The first-order valence-electron chi connectivity index (χ1n) is 9.91. The summed E-state index contributed by atoms with van der Waals surface area (Å²) in [6.07, 6.45) is 1.54. The van der Waals surface area contributed by atoms with Crippen molar-refractivity contribution in [2.45, 2.75) is 58.8 Å². The highest BCUT2D eigenvalue weighted by molar-refractivity contribution is 5.98. The number of rotatable bonds is 9. The number of hydrogen-bond donors (Lipinski definition) is 3. The molecule has 0 aromatic heterocycles. The molecule has 1 aliphatic rings. The Bertz CT molecular complexity index is 904. The number of allylic oxidation sites excluding steroid dienone is 2. The number of fused-ring (bicyclic) bond motifs is 1. The average molecular weight is 435 g/mol. The van der Waals surface area contributed by atoms with E-state index in [1.807, 2.05) is 19.9 Å². The molecule has 1 heterocycles. The normalized spacial score (nSPS) is 15.0. The lowest BCUT2D eigenvalue weighted by Gasteiger charge is -2.19. The van der Waals surface area contributed by atoms with Crippen molar-refractivity contribution >= 4 is 17.8 Å². The van der Waals surface area contributed by atoms with Gasteiger partial charge in [0.15, 0.2) is 6.04 Å². The largest absolute Gasteiger partial charge is 0.507 e. The minimum absolute atomic E-state index is 0.0984. The number of cyclic esters (lactones) is 1. The smallest absolute Gasteiger partial charge is 0.342 e. The Hall–Kier alpha value is -3.07. The Labute approximate surface area is 181 Å². The molecule has 1 aromatic rings.